The van der Waals surface area contributed by atoms with Crippen LogP contribution in [0.2, 0.25) is 0 Å². The summed E-state index contributed by atoms with van der Waals surface area (Å²) in [6.07, 6.45) is 1.79. The van der Waals surface area contributed by atoms with Crippen LogP contribution < -0.4 is 9.64 Å². The van der Waals surface area contributed by atoms with E-state index in [4.69, 9.17) is 9.26 Å². The fraction of sp³-hybridized carbons (Fsp3) is 0.300. The Balaban J connectivity index is 1.31. The number of hydrogen-bond donors (Lipinski definition) is 0. The monoisotopic (exact) mass is 379 g/mol. The van der Waals surface area contributed by atoms with Gasteiger partial charge in [0.05, 0.1) is 0 Å². The zero-order valence-corrected chi connectivity index (χ0v) is 15.6. The van der Waals surface area contributed by atoms with Crippen molar-refractivity contribution in [1.29, 1.82) is 0 Å². The third kappa shape index (κ3) is 4.11. The van der Waals surface area contributed by atoms with E-state index in [1.807, 2.05) is 23.1 Å². The topological polar surface area (TPSA) is 84.6 Å². The van der Waals surface area contributed by atoms with Gasteiger partial charge in [-0.25, -0.2) is 4.98 Å². The van der Waals surface area contributed by atoms with Crippen molar-refractivity contribution in [1.82, 2.24) is 20.0 Å². The Morgan fingerprint density at radius 1 is 1.11 bits per heavy atom. The van der Waals surface area contributed by atoms with Gasteiger partial charge in [-0.05, 0) is 36.4 Å². The molecule has 0 spiro atoms. The molecule has 3 aromatic rings. The molecule has 1 fully saturated rings. The minimum atomic E-state index is 0.0287. The normalized spacial score (nSPS) is 14.2. The van der Waals surface area contributed by atoms with Crippen LogP contribution in [0.5, 0.6) is 5.75 Å². The molecule has 4 rings (SSSR count). The molecule has 8 heteroatoms. The van der Waals surface area contributed by atoms with Gasteiger partial charge in [-0.1, -0.05) is 11.2 Å². The van der Waals surface area contributed by atoms with E-state index in [0.29, 0.717) is 36.1 Å². The number of benzene rings is 1. The van der Waals surface area contributed by atoms with E-state index in [9.17, 15) is 4.79 Å². The van der Waals surface area contributed by atoms with E-state index in [1.54, 1.807) is 37.4 Å². The summed E-state index contributed by atoms with van der Waals surface area (Å²) >= 11 is 0. The van der Waals surface area contributed by atoms with Crippen LogP contribution in [0.4, 0.5) is 5.82 Å². The first kappa shape index (κ1) is 18.0. The Labute approximate surface area is 162 Å². The number of piperazine rings is 1. The Morgan fingerprint density at radius 2 is 1.89 bits per heavy atom. The van der Waals surface area contributed by atoms with Gasteiger partial charge in [0.25, 0.3) is 5.91 Å². The molecular weight excluding hydrogens is 358 g/mol. The summed E-state index contributed by atoms with van der Waals surface area (Å²) < 4.78 is 10.5. The molecule has 0 bridgehead atoms. The molecule has 0 radical (unpaired) electrons. The first-order valence-electron chi connectivity index (χ1n) is 9.16. The molecule has 1 amide bonds. The molecule has 1 saturated heterocycles. The van der Waals surface area contributed by atoms with E-state index in [2.05, 4.69) is 20.0 Å². The number of carbonyl (C=O) groups excluding carboxylic acids is 1. The molecule has 144 valence electrons. The number of hydrogen-bond acceptors (Lipinski definition) is 7. The zero-order valence-electron chi connectivity index (χ0n) is 15.6. The number of pyridine rings is 1. The Morgan fingerprint density at radius 3 is 2.54 bits per heavy atom. The van der Waals surface area contributed by atoms with Crippen LogP contribution in [-0.4, -0.2) is 52.1 Å². The number of amides is 1. The summed E-state index contributed by atoms with van der Waals surface area (Å²) in [5.41, 5.74) is 0.647. The highest BCUT2D eigenvalue weighted by Crippen LogP contribution is 2.17. The van der Waals surface area contributed by atoms with Gasteiger partial charge in [0.2, 0.25) is 11.7 Å². The number of ether oxygens (including phenoxy) is 1. The lowest BCUT2D eigenvalue weighted by Gasteiger charge is -2.35. The van der Waals surface area contributed by atoms with E-state index in [-0.39, 0.29) is 12.5 Å². The van der Waals surface area contributed by atoms with Gasteiger partial charge in [-0.15, -0.1) is 0 Å². The van der Waals surface area contributed by atoms with Crippen LogP contribution in [0.3, 0.4) is 0 Å². The van der Waals surface area contributed by atoms with Crippen LogP contribution in [0.15, 0.2) is 53.2 Å². The highest BCUT2D eigenvalue weighted by Gasteiger charge is 2.22. The summed E-state index contributed by atoms with van der Waals surface area (Å²) in [5, 5.41) is 3.79. The third-order valence-electron chi connectivity index (χ3n) is 4.58. The average molecular weight is 379 g/mol. The van der Waals surface area contributed by atoms with E-state index in [0.717, 1.165) is 18.9 Å². The maximum Gasteiger partial charge on any atom is 0.253 e. The van der Waals surface area contributed by atoms with Crippen molar-refractivity contribution in [2.45, 2.75) is 13.5 Å². The average Bonchev–Trinajstić information content (AvgIpc) is 3.18. The predicted octanol–water partition coefficient (Wildman–Crippen LogP) is 2.31. The van der Waals surface area contributed by atoms with Crippen LogP contribution >= 0.6 is 0 Å². The van der Waals surface area contributed by atoms with Crippen molar-refractivity contribution in [3.05, 3.63) is 65.9 Å². The van der Waals surface area contributed by atoms with Crippen LogP contribution in [0.1, 0.15) is 22.1 Å². The van der Waals surface area contributed by atoms with E-state index < -0.39 is 0 Å². The quantitative estimate of drug-likeness (QED) is 0.672. The molecule has 1 aliphatic rings. The zero-order chi connectivity index (χ0) is 19.3. The van der Waals surface area contributed by atoms with Crippen LogP contribution in [0, 0.1) is 6.92 Å². The highest BCUT2D eigenvalue weighted by molar-refractivity contribution is 5.94. The molecule has 1 aliphatic heterocycles. The lowest BCUT2D eigenvalue weighted by Crippen LogP contribution is -2.49. The number of carbonyl (C=O) groups is 1. The lowest BCUT2D eigenvalue weighted by atomic mass is 10.1. The fourth-order valence-electron chi connectivity index (χ4n) is 3.10. The molecule has 28 heavy (non-hydrogen) atoms. The Bertz CT molecular complexity index is 919. The lowest BCUT2D eigenvalue weighted by molar-refractivity contribution is 0.0746. The van der Waals surface area contributed by atoms with Gasteiger partial charge in [0, 0.05) is 44.9 Å². The van der Waals surface area contributed by atoms with Crippen molar-refractivity contribution >= 4 is 11.7 Å². The first-order chi connectivity index (χ1) is 13.7. The van der Waals surface area contributed by atoms with E-state index in [1.165, 1.54) is 0 Å². The van der Waals surface area contributed by atoms with Crippen molar-refractivity contribution in [2.24, 2.45) is 0 Å². The highest BCUT2D eigenvalue weighted by atomic mass is 16.5. The second-order valence-electron chi connectivity index (χ2n) is 6.51. The van der Waals surface area contributed by atoms with Crippen molar-refractivity contribution in [2.75, 3.05) is 31.1 Å². The number of nitrogens with zero attached hydrogens (tertiary/aromatic N) is 5. The summed E-state index contributed by atoms with van der Waals surface area (Å²) in [4.78, 5) is 25.3. The standard InChI is InChI=1S/C20H21N5O3/c1-15-22-18(23-28-15)14-27-17-7-5-16(6-8-17)20(26)25-12-10-24(11-13-25)19-4-2-3-9-21-19/h2-9H,10-14H2,1H3. The van der Waals surface area contributed by atoms with Gasteiger partial charge in [-0.2, -0.15) is 4.98 Å². The van der Waals surface area contributed by atoms with E-state index >= 15 is 0 Å². The Kier molecular flexibility index (Phi) is 5.18. The molecular formula is C20H21N5O3. The van der Waals surface area contributed by atoms with Gasteiger partial charge in [0.15, 0.2) is 6.61 Å². The molecule has 0 saturated carbocycles. The molecule has 0 aliphatic carbocycles. The Hall–Kier alpha value is -3.42. The second-order valence-corrected chi connectivity index (χ2v) is 6.51. The molecule has 0 atom stereocenters. The molecule has 2 aromatic heterocycles. The summed E-state index contributed by atoms with van der Waals surface area (Å²) in [7, 11) is 0. The molecule has 0 unspecified atom stereocenters. The number of aryl methyl sites for hydroxylation is 1. The number of anilines is 1. The maximum atomic E-state index is 12.8. The van der Waals surface area contributed by atoms with Crippen LogP contribution in [-0.2, 0) is 6.61 Å². The summed E-state index contributed by atoms with van der Waals surface area (Å²) in [6, 6.07) is 13.0. The third-order valence-corrected chi connectivity index (χ3v) is 4.58. The van der Waals surface area contributed by atoms with Gasteiger partial charge < -0.3 is 19.1 Å². The summed E-state index contributed by atoms with van der Waals surface area (Å²) in [5.74, 6) is 2.62. The van der Waals surface area contributed by atoms with Gasteiger partial charge >= 0.3 is 0 Å². The molecule has 8 nitrogen and oxygen atoms in total. The minimum Gasteiger partial charge on any atom is -0.485 e. The number of rotatable bonds is 5. The molecule has 3 heterocycles. The maximum absolute atomic E-state index is 12.8. The minimum absolute atomic E-state index is 0.0287. The fourth-order valence-corrected chi connectivity index (χ4v) is 3.10. The summed E-state index contributed by atoms with van der Waals surface area (Å²) in [6.45, 7) is 4.84. The number of aromatic nitrogens is 3. The van der Waals surface area contributed by atoms with Crippen LogP contribution in [0.25, 0.3) is 0 Å². The van der Waals surface area contributed by atoms with Crippen molar-refractivity contribution in [3.63, 3.8) is 0 Å². The first-order valence-corrected chi connectivity index (χ1v) is 9.16. The van der Waals surface area contributed by atoms with Crippen molar-refractivity contribution in [3.8, 4) is 5.75 Å². The van der Waals surface area contributed by atoms with Gasteiger partial charge in [-0.3, -0.25) is 4.79 Å². The molecule has 1 aromatic carbocycles. The smallest absolute Gasteiger partial charge is 0.253 e. The SMILES string of the molecule is Cc1nc(COc2ccc(C(=O)N3CCN(c4ccccn4)CC3)cc2)no1. The largest absolute Gasteiger partial charge is 0.485 e. The second kappa shape index (κ2) is 8.08. The van der Waals surface area contributed by atoms with Gasteiger partial charge in [0.1, 0.15) is 11.6 Å². The van der Waals surface area contributed by atoms with Crippen molar-refractivity contribution < 1.29 is 14.1 Å². The predicted molar refractivity (Wildman–Crippen MR) is 102 cm³/mol. The molecule has 0 N–H and O–H groups in total.